The lowest BCUT2D eigenvalue weighted by molar-refractivity contribution is -0.122. The van der Waals surface area contributed by atoms with E-state index in [2.05, 4.69) is 36.5 Å². The molecule has 1 rings (SSSR count). The largest absolute Gasteiger partial charge is 0.388 e. The van der Waals surface area contributed by atoms with Crippen LogP contribution in [0.5, 0.6) is 0 Å². The van der Waals surface area contributed by atoms with E-state index in [1.807, 2.05) is 13.8 Å². The number of hydrogen-bond donors (Lipinski definition) is 2. The molecular weight excluding hydrogens is 270 g/mol. The van der Waals surface area contributed by atoms with E-state index in [4.69, 9.17) is 0 Å². The first-order valence-corrected chi connectivity index (χ1v) is 8.16. The highest BCUT2D eigenvalue weighted by atomic mass is 32.2. The van der Waals surface area contributed by atoms with Crippen LogP contribution in [0, 0.1) is 6.92 Å². The van der Waals surface area contributed by atoms with Gasteiger partial charge in [0.05, 0.1) is 5.60 Å². The number of carbonyl (C=O) groups is 1. The molecule has 0 saturated heterocycles. The van der Waals surface area contributed by atoms with Crippen LogP contribution in [0.2, 0.25) is 0 Å². The summed E-state index contributed by atoms with van der Waals surface area (Å²) in [7, 11) is 0. The van der Waals surface area contributed by atoms with Gasteiger partial charge in [0, 0.05) is 23.6 Å². The van der Waals surface area contributed by atoms with E-state index in [1.165, 1.54) is 10.5 Å². The molecule has 0 aromatic heterocycles. The maximum Gasteiger partial charge on any atom is 0.220 e. The van der Waals surface area contributed by atoms with Crippen LogP contribution in [0.25, 0.3) is 0 Å². The van der Waals surface area contributed by atoms with Gasteiger partial charge in [-0.2, -0.15) is 0 Å². The van der Waals surface area contributed by atoms with Crippen molar-refractivity contribution in [2.24, 2.45) is 0 Å². The van der Waals surface area contributed by atoms with Gasteiger partial charge >= 0.3 is 0 Å². The van der Waals surface area contributed by atoms with E-state index in [9.17, 15) is 9.90 Å². The highest BCUT2D eigenvalue weighted by Crippen LogP contribution is 2.19. The van der Waals surface area contributed by atoms with Crippen molar-refractivity contribution in [3.63, 3.8) is 0 Å². The molecule has 2 N–H and O–H groups in total. The lowest BCUT2D eigenvalue weighted by Crippen LogP contribution is -2.42. The zero-order valence-corrected chi connectivity index (χ0v) is 13.4. The summed E-state index contributed by atoms with van der Waals surface area (Å²) >= 11 is 1.68. The zero-order valence-electron chi connectivity index (χ0n) is 12.6. The molecule has 0 atom stereocenters. The van der Waals surface area contributed by atoms with E-state index in [0.29, 0.717) is 25.8 Å². The fourth-order valence-electron chi connectivity index (χ4n) is 1.75. The number of rotatable bonds is 8. The van der Waals surface area contributed by atoms with E-state index in [1.54, 1.807) is 11.8 Å². The van der Waals surface area contributed by atoms with Gasteiger partial charge < -0.3 is 10.4 Å². The molecule has 1 aromatic carbocycles. The summed E-state index contributed by atoms with van der Waals surface area (Å²) in [4.78, 5) is 12.9. The molecular formula is C16H25NO2S. The third-order valence-corrected chi connectivity index (χ3v) is 4.56. The molecule has 1 aromatic rings. The van der Waals surface area contributed by atoms with Gasteiger partial charge in [-0.1, -0.05) is 31.5 Å². The monoisotopic (exact) mass is 295 g/mol. The summed E-state index contributed by atoms with van der Waals surface area (Å²) in [5, 5.41) is 12.9. The molecule has 0 unspecified atom stereocenters. The Hall–Kier alpha value is -1.00. The average Bonchev–Trinajstić information content (AvgIpc) is 2.47. The van der Waals surface area contributed by atoms with Gasteiger partial charge in [-0.25, -0.2) is 0 Å². The second-order valence-corrected chi connectivity index (χ2v) is 6.29. The minimum atomic E-state index is -0.764. The molecule has 0 aliphatic heterocycles. The van der Waals surface area contributed by atoms with E-state index in [-0.39, 0.29) is 5.91 Å². The van der Waals surface area contributed by atoms with E-state index < -0.39 is 5.60 Å². The fraction of sp³-hybridized carbons (Fsp3) is 0.562. The van der Waals surface area contributed by atoms with Crippen molar-refractivity contribution >= 4 is 17.7 Å². The van der Waals surface area contributed by atoms with Crippen molar-refractivity contribution in [1.29, 1.82) is 0 Å². The Morgan fingerprint density at radius 3 is 2.40 bits per heavy atom. The van der Waals surface area contributed by atoms with Gasteiger partial charge in [0.1, 0.15) is 0 Å². The van der Waals surface area contributed by atoms with Crippen molar-refractivity contribution in [3.05, 3.63) is 29.8 Å². The van der Waals surface area contributed by atoms with Gasteiger partial charge in [-0.05, 0) is 31.9 Å². The van der Waals surface area contributed by atoms with Crippen molar-refractivity contribution in [2.45, 2.75) is 50.5 Å². The van der Waals surface area contributed by atoms with Crippen molar-refractivity contribution in [2.75, 3.05) is 12.3 Å². The second-order valence-electron chi connectivity index (χ2n) is 5.12. The van der Waals surface area contributed by atoms with Gasteiger partial charge in [-0.15, -0.1) is 11.8 Å². The van der Waals surface area contributed by atoms with E-state index in [0.717, 1.165) is 5.75 Å². The van der Waals surface area contributed by atoms with Crippen molar-refractivity contribution < 1.29 is 9.90 Å². The number of aryl methyl sites for hydroxylation is 1. The van der Waals surface area contributed by atoms with Crippen LogP contribution in [0.1, 0.15) is 38.7 Å². The molecule has 1 amide bonds. The van der Waals surface area contributed by atoms with Crippen LogP contribution in [0.4, 0.5) is 0 Å². The molecule has 0 spiro atoms. The predicted molar refractivity (Wildman–Crippen MR) is 85.1 cm³/mol. The van der Waals surface area contributed by atoms with Crippen LogP contribution in [-0.2, 0) is 4.79 Å². The van der Waals surface area contributed by atoms with Crippen molar-refractivity contribution in [1.82, 2.24) is 5.32 Å². The Morgan fingerprint density at radius 1 is 1.25 bits per heavy atom. The average molecular weight is 295 g/mol. The summed E-state index contributed by atoms with van der Waals surface area (Å²) in [5.74, 6) is 0.760. The minimum absolute atomic E-state index is 0.00457. The normalized spacial score (nSPS) is 11.4. The lowest BCUT2D eigenvalue weighted by Gasteiger charge is -2.25. The van der Waals surface area contributed by atoms with Gasteiger partial charge in [0.15, 0.2) is 0 Å². The standard InChI is InChI=1S/C16H25NO2S/c1-4-16(19,5-2)12-17-15(18)10-11-20-14-8-6-13(3)7-9-14/h6-9,19H,4-5,10-12H2,1-3H3,(H,17,18). The maximum absolute atomic E-state index is 11.7. The summed E-state index contributed by atoms with van der Waals surface area (Å²) in [6.07, 6.45) is 1.78. The molecule has 0 saturated carbocycles. The summed E-state index contributed by atoms with van der Waals surface area (Å²) in [5.41, 5.74) is 0.477. The number of carbonyl (C=O) groups excluding carboxylic acids is 1. The first-order valence-electron chi connectivity index (χ1n) is 7.17. The molecule has 0 aliphatic rings. The first-order chi connectivity index (χ1) is 9.49. The number of aliphatic hydroxyl groups is 1. The van der Waals surface area contributed by atoms with Crippen LogP contribution in [0.15, 0.2) is 29.2 Å². The SMILES string of the molecule is CCC(O)(CC)CNC(=O)CCSc1ccc(C)cc1. The van der Waals surface area contributed by atoms with Gasteiger partial charge in [0.2, 0.25) is 5.91 Å². The Morgan fingerprint density at radius 2 is 1.85 bits per heavy atom. The fourth-order valence-corrected chi connectivity index (χ4v) is 2.60. The van der Waals surface area contributed by atoms with Crippen LogP contribution in [0.3, 0.4) is 0 Å². The van der Waals surface area contributed by atoms with Crippen LogP contribution >= 0.6 is 11.8 Å². The highest BCUT2D eigenvalue weighted by molar-refractivity contribution is 7.99. The molecule has 4 heteroatoms. The topological polar surface area (TPSA) is 49.3 Å². The van der Waals surface area contributed by atoms with Gasteiger partial charge in [-0.3, -0.25) is 4.79 Å². The summed E-state index contributed by atoms with van der Waals surface area (Å²) < 4.78 is 0. The van der Waals surface area contributed by atoms with Crippen molar-refractivity contribution in [3.8, 4) is 0 Å². The third-order valence-electron chi connectivity index (χ3n) is 3.55. The molecule has 0 heterocycles. The maximum atomic E-state index is 11.7. The number of nitrogens with one attached hydrogen (secondary N) is 1. The van der Waals surface area contributed by atoms with Crippen LogP contribution in [-0.4, -0.2) is 28.9 Å². The Labute approximate surface area is 126 Å². The molecule has 0 bridgehead atoms. The molecule has 3 nitrogen and oxygen atoms in total. The number of thioether (sulfide) groups is 1. The molecule has 112 valence electrons. The summed E-state index contributed by atoms with van der Waals surface area (Å²) in [6, 6.07) is 8.30. The van der Waals surface area contributed by atoms with Crippen LogP contribution < -0.4 is 5.32 Å². The number of benzene rings is 1. The van der Waals surface area contributed by atoms with E-state index >= 15 is 0 Å². The summed E-state index contributed by atoms with van der Waals surface area (Å²) in [6.45, 7) is 6.27. The number of amides is 1. The lowest BCUT2D eigenvalue weighted by atomic mass is 9.97. The predicted octanol–water partition coefficient (Wildman–Crippen LogP) is 3.14. The Kier molecular flexibility index (Phi) is 7.10. The highest BCUT2D eigenvalue weighted by Gasteiger charge is 2.22. The Balaban J connectivity index is 2.25. The second kappa shape index (κ2) is 8.32. The smallest absolute Gasteiger partial charge is 0.220 e. The molecule has 0 fully saturated rings. The number of hydrogen-bond acceptors (Lipinski definition) is 3. The quantitative estimate of drug-likeness (QED) is 0.724. The zero-order chi connectivity index (χ0) is 15.0. The first kappa shape index (κ1) is 17.1. The van der Waals surface area contributed by atoms with Gasteiger partial charge in [0.25, 0.3) is 0 Å². The molecule has 0 radical (unpaired) electrons. The third kappa shape index (κ3) is 5.97. The molecule has 0 aliphatic carbocycles. The minimum Gasteiger partial charge on any atom is -0.388 e. The Bertz CT molecular complexity index is 413. The molecule has 20 heavy (non-hydrogen) atoms.